The summed E-state index contributed by atoms with van der Waals surface area (Å²) in [7, 11) is 0. The Kier molecular flexibility index (Phi) is 22.5. The summed E-state index contributed by atoms with van der Waals surface area (Å²) in [5.74, 6) is 2.84. The fourth-order valence-electron chi connectivity index (χ4n) is 6.10. The van der Waals surface area contributed by atoms with Crippen molar-refractivity contribution in [2.45, 2.75) is 201 Å². The van der Waals surface area contributed by atoms with E-state index >= 15 is 0 Å². The average Bonchev–Trinajstić information content (AvgIpc) is 3.37. The van der Waals surface area contributed by atoms with Crippen molar-refractivity contribution in [2.24, 2.45) is 5.92 Å². The lowest BCUT2D eigenvalue weighted by Crippen LogP contribution is -2.41. The third-order valence-corrected chi connectivity index (χ3v) is 8.72. The van der Waals surface area contributed by atoms with E-state index in [-0.39, 0.29) is 0 Å². The normalized spacial score (nSPS) is 13.5. The molecule has 0 aliphatic carbocycles. The van der Waals surface area contributed by atoms with Crippen LogP contribution >= 0.6 is 0 Å². The van der Waals surface area contributed by atoms with Gasteiger partial charge < -0.3 is 0 Å². The zero-order chi connectivity index (χ0) is 27.0. The molecule has 2 heteroatoms. The van der Waals surface area contributed by atoms with Gasteiger partial charge in [-0.3, -0.25) is 0 Å². The molecule has 218 valence electrons. The van der Waals surface area contributed by atoms with Gasteiger partial charge >= 0.3 is 0 Å². The Hall–Kier alpha value is -0.790. The van der Waals surface area contributed by atoms with Gasteiger partial charge in [0.1, 0.15) is 12.4 Å². The Morgan fingerprint density at radius 3 is 1.32 bits per heavy atom. The molecule has 2 unspecified atom stereocenters. The lowest BCUT2D eigenvalue weighted by Gasteiger charge is -2.20. The Bertz CT molecular complexity index is 590. The van der Waals surface area contributed by atoms with Gasteiger partial charge in [-0.25, -0.2) is 9.55 Å². The van der Waals surface area contributed by atoms with E-state index in [1.807, 2.05) is 0 Å². The molecule has 0 aliphatic rings. The van der Waals surface area contributed by atoms with Gasteiger partial charge in [0.15, 0.2) is 0 Å². The van der Waals surface area contributed by atoms with Crippen molar-refractivity contribution < 1.29 is 4.57 Å². The van der Waals surface area contributed by atoms with Crippen LogP contribution in [0.2, 0.25) is 0 Å². The predicted octanol–water partition coefficient (Wildman–Crippen LogP) is 12.0. The molecule has 2 nitrogen and oxygen atoms in total. The molecule has 0 amide bonds. The van der Waals surface area contributed by atoms with E-state index in [1.165, 1.54) is 160 Å². The van der Waals surface area contributed by atoms with Gasteiger partial charge in [0, 0.05) is 0 Å². The highest BCUT2D eigenvalue weighted by atomic mass is 15.1. The number of H-pyrrole nitrogens is 1. The van der Waals surface area contributed by atoms with E-state index in [1.54, 1.807) is 0 Å². The lowest BCUT2D eigenvalue weighted by atomic mass is 9.89. The Morgan fingerprint density at radius 2 is 0.919 bits per heavy atom. The fourth-order valence-corrected chi connectivity index (χ4v) is 6.10. The van der Waals surface area contributed by atoms with Gasteiger partial charge in [0.2, 0.25) is 0 Å². The van der Waals surface area contributed by atoms with Crippen LogP contribution in [0.25, 0.3) is 0 Å². The fraction of sp³-hybridized carbons (Fsp3) is 0.914. The number of imidazole rings is 1. The van der Waals surface area contributed by atoms with E-state index in [9.17, 15) is 0 Å². The van der Waals surface area contributed by atoms with Crippen LogP contribution in [0.5, 0.6) is 0 Å². The summed E-state index contributed by atoms with van der Waals surface area (Å²) in [4.78, 5) is 3.66. The second-order valence-corrected chi connectivity index (χ2v) is 12.6. The minimum atomic E-state index is 0.610. The molecule has 1 aromatic rings. The van der Waals surface area contributed by atoms with Gasteiger partial charge in [-0.2, -0.15) is 0 Å². The lowest BCUT2D eigenvalue weighted by molar-refractivity contribution is -0.727. The van der Waals surface area contributed by atoms with Crippen molar-refractivity contribution >= 4 is 0 Å². The third kappa shape index (κ3) is 17.4. The molecule has 0 spiro atoms. The minimum Gasteiger partial charge on any atom is -0.247 e. The standard InChI is InChI=1S/C35H68N2/c1-6-8-10-12-14-15-16-17-18-19-20-21-23-25-27-29-34(32(3)4)35-36-30-31-37(35)33(5)28-26-24-22-13-11-9-7-2/h30-34H,6-29H2,1-5H3/p+1. The number of nitrogens with one attached hydrogen (secondary N) is 1. The highest BCUT2D eigenvalue weighted by molar-refractivity contribution is 4.92. The van der Waals surface area contributed by atoms with E-state index in [0.29, 0.717) is 17.9 Å². The maximum Gasteiger partial charge on any atom is 0.257 e. The van der Waals surface area contributed by atoms with Crippen LogP contribution in [0.1, 0.15) is 207 Å². The molecule has 0 saturated heterocycles. The Morgan fingerprint density at radius 1 is 0.541 bits per heavy atom. The summed E-state index contributed by atoms with van der Waals surface area (Å²) in [6.07, 6.45) is 38.6. The van der Waals surface area contributed by atoms with Crippen molar-refractivity contribution in [3.8, 4) is 0 Å². The van der Waals surface area contributed by atoms with Crippen molar-refractivity contribution in [3.05, 3.63) is 18.2 Å². The van der Waals surface area contributed by atoms with Crippen LogP contribution in [0.3, 0.4) is 0 Å². The van der Waals surface area contributed by atoms with Crippen molar-refractivity contribution in [1.29, 1.82) is 0 Å². The van der Waals surface area contributed by atoms with Gasteiger partial charge in [-0.1, -0.05) is 163 Å². The van der Waals surface area contributed by atoms with Gasteiger partial charge in [0.25, 0.3) is 5.82 Å². The highest BCUT2D eigenvalue weighted by Crippen LogP contribution is 2.28. The molecule has 1 rings (SSSR count). The second-order valence-electron chi connectivity index (χ2n) is 12.6. The first-order valence-electron chi connectivity index (χ1n) is 17.2. The molecule has 1 aromatic heterocycles. The summed E-state index contributed by atoms with van der Waals surface area (Å²) >= 11 is 0. The molecule has 1 N–H and O–H groups in total. The summed E-state index contributed by atoms with van der Waals surface area (Å²) in [6, 6.07) is 0.610. The van der Waals surface area contributed by atoms with E-state index in [0.717, 1.165) is 0 Å². The van der Waals surface area contributed by atoms with Crippen molar-refractivity contribution in [2.75, 3.05) is 0 Å². The van der Waals surface area contributed by atoms with Crippen molar-refractivity contribution in [1.82, 2.24) is 4.98 Å². The predicted molar refractivity (Wildman–Crippen MR) is 165 cm³/mol. The number of aromatic amines is 1. The third-order valence-electron chi connectivity index (χ3n) is 8.72. The molecule has 0 fully saturated rings. The SMILES string of the molecule is CCCCCCCCCCCCCCCCCC(c1[nH]cc[n+]1C(C)CCCCCCCCC)C(C)C. The number of nitrogens with zero attached hydrogens (tertiary/aromatic N) is 1. The highest BCUT2D eigenvalue weighted by Gasteiger charge is 2.27. The minimum absolute atomic E-state index is 0.610. The molecular formula is C35H69N2+. The largest absolute Gasteiger partial charge is 0.257 e. The summed E-state index contributed by atoms with van der Waals surface area (Å²) < 4.78 is 2.58. The maximum atomic E-state index is 3.66. The molecule has 0 radical (unpaired) electrons. The smallest absolute Gasteiger partial charge is 0.247 e. The first kappa shape index (κ1) is 34.2. The van der Waals surface area contributed by atoms with Crippen molar-refractivity contribution in [3.63, 3.8) is 0 Å². The molecule has 0 aromatic carbocycles. The molecule has 0 aliphatic heterocycles. The maximum absolute atomic E-state index is 3.66. The number of hydrogen-bond donors (Lipinski definition) is 1. The molecule has 0 bridgehead atoms. The number of rotatable bonds is 27. The van der Waals surface area contributed by atoms with Crippen LogP contribution in [0.15, 0.2) is 12.4 Å². The summed E-state index contributed by atoms with van der Waals surface area (Å²) in [5, 5.41) is 0. The van der Waals surface area contributed by atoms with Crippen LogP contribution in [-0.4, -0.2) is 4.98 Å². The van der Waals surface area contributed by atoms with Gasteiger partial charge in [-0.05, 0) is 32.1 Å². The van der Waals surface area contributed by atoms with Gasteiger partial charge in [0.05, 0.1) is 12.0 Å². The zero-order valence-electron chi connectivity index (χ0n) is 26.3. The Balaban J connectivity index is 2.16. The molecule has 1 heterocycles. The number of aromatic nitrogens is 2. The zero-order valence-corrected chi connectivity index (χ0v) is 26.3. The molecule has 0 saturated carbocycles. The average molecular weight is 518 g/mol. The first-order chi connectivity index (χ1) is 18.1. The Labute approximate surface area is 234 Å². The van der Waals surface area contributed by atoms with E-state index < -0.39 is 0 Å². The van der Waals surface area contributed by atoms with Crippen LogP contribution in [0.4, 0.5) is 0 Å². The molecular weight excluding hydrogens is 448 g/mol. The van der Waals surface area contributed by atoms with Crippen LogP contribution in [0, 0.1) is 5.92 Å². The quantitative estimate of drug-likeness (QED) is 0.0884. The van der Waals surface area contributed by atoms with Crippen LogP contribution in [-0.2, 0) is 0 Å². The topological polar surface area (TPSA) is 19.7 Å². The summed E-state index contributed by atoms with van der Waals surface area (Å²) in [6.45, 7) is 11.9. The molecule has 37 heavy (non-hydrogen) atoms. The monoisotopic (exact) mass is 518 g/mol. The number of unbranched alkanes of at least 4 members (excludes halogenated alkanes) is 20. The summed E-state index contributed by atoms with van der Waals surface area (Å²) in [5.41, 5.74) is 0. The first-order valence-corrected chi connectivity index (χ1v) is 17.2. The van der Waals surface area contributed by atoms with Crippen LogP contribution < -0.4 is 4.57 Å². The second kappa shape index (κ2) is 24.3. The number of hydrogen-bond acceptors (Lipinski definition) is 0. The van der Waals surface area contributed by atoms with E-state index in [4.69, 9.17) is 0 Å². The van der Waals surface area contributed by atoms with E-state index in [2.05, 4.69) is 56.6 Å². The van der Waals surface area contributed by atoms with Gasteiger partial charge in [-0.15, -0.1) is 0 Å². The molecule has 2 atom stereocenters.